The van der Waals surface area contributed by atoms with E-state index in [-0.39, 0.29) is 30.3 Å². The van der Waals surface area contributed by atoms with Crippen LogP contribution in [0.25, 0.3) is 5.69 Å². The number of carbonyl (C=O) groups excluding carboxylic acids is 2. The molecule has 2 amide bonds. The summed E-state index contributed by atoms with van der Waals surface area (Å²) in [5.41, 5.74) is 4.17. The van der Waals surface area contributed by atoms with Crippen LogP contribution in [0.15, 0.2) is 48.5 Å². The molecule has 1 heterocycles. The standard InChI is InChI=1S/C27H33ClN4O3/c1-18-7-12-22(19(2)15-18)32-24(16-23(30-32)27(3,4)5)29-25(33)17-31(13-14-35-6)26(34)20-8-10-21(28)11-9-20/h7-12,15-16H,13-14,17H2,1-6H3,(H,29,33). The van der Waals surface area contributed by atoms with Gasteiger partial charge in [-0.2, -0.15) is 5.10 Å². The first-order chi connectivity index (χ1) is 16.5. The van der Waals surface area contributed by atoms with Crippen molar-refractivity contribution in [2.45, 2.75) is 40.0 Å². The number of hydrogen-bond donors (Lipinski definition) is 1. The highest BCUT2D eigenvalue weighted by molar-refractivity contribution is 6.30. The number of nitrogens with zero attached hydrogens (tertiary/aromatic N) is 3. The van der Waals surface area contributed by atoms with Crippen molar-refractivity contribution in [3.63, 3.8) is 0 Å². The first-order valence-electron chi connectivity index (χ1n) is 11.5. The minimum atomic E-state index is -0.324. The average Bonchev–Trinajstić information content (AvgIpc) is 3.20. The van der Waals surface area contributed by atoms with Gasteiger partial charge < -0.3 is 15.0 Å². The Morgan fingerprint density at radius 3 is 2.37 bits per heavy atom. The second-order valence-corrected chi connectivity index (χ2v) is 10.1. The lowest BCUT2D eigenvalue weighted by molar-refractivity contribution is -0.117. The number of hydrogen-bond acceptors (Lipinski definition) is 4. The van der Waals surface area contributed by atoms with E-state index in [1.807, 2.05) is 32.0 Å². The van der Waals surface area contributed by atoms with E-state index in [4.69, 9.17) is 21.4 Å². The number of rotatable bonds is 8. The van der Waals surface area contributed by atoms with Crippen molar-refractivity contribution in [2.75, 3.05) is 32.1 Å². The Morgan fingerprint density at radius 2 is 1.77 bits per heavy atom. The van der Waals surface area contributed by atoms with Crippen LogP contribution in [-0.4, -0.2) is 53.3 Å². The van der Waals surface area contributed by atoms with Gasteiger partial charge >= 0.3 is 0 Å². The topological polar surface area (TPSA) is 76.5 Å². The maximum Gasteiger partial charge on any atom is 0.254 e. The van der Waals surface area contributed by atoms with Crippen molar-refractivity contribution >= 4 is 29.2 Å². The summed E-state index contributed by atoms with van der Waals surface area (Å²) >= 11 is 5.96. The van der Waals surface area contributed by atoms with Crippen LogP contribution < -0.4 is 5.32 Å². The summed E-state index contributed by atoms with van der Waals surface area (Å²) in [6.45, 7) is 10.7. The molecule has 0 bridgehead atoms. The predicted octanol–water partition coefficient (Wildman–Crippen LogP) is 5.17. The van der Waals surface area contributed by atoms with E-state index >= 15 is 0 Å². The SMILES string of the molecule is COCCN(CC(=O)Nc1cc(C(C)(C)C)nn1-c1ccc(C)cc1C)C(=O)c1ccc(Cl)cc1. The van der Waals surface area contributed by atoms with Gasteiger partial charge in [-0.15, -0.1) is 0 Å². The van der Waals surface area contributed by atoms with E-state index in [1.165, 1.54) is 4.90 Å². The number of ether oxygens (including phenoxy) is 1. The molecule has 7 nitrogen and oxygen atoms in total. The normalized spacial score (nSPS) is 11.4. The van der Waals surface area contributed by atoms with Gasteiger partial charge in [0, 0.05) is 35.7 Å². The third-order valence-electron chi connectivity index (χ3n) is 5.60. The molecule has 3 rings (SSSR count). The van der Waals surface area contributed by atoms with Crippen molar-refractivity contribution in [1.82, 2.24) is 14.7 Å². The molecule has 3 aromatic rings. The first-order valence-corrected chi connectivity index (χ1v) is 11.9. The Morgan fingerprint density at radius 1 is 1.09 bits per heavy atom. The summed E-state index contributed by atoms with van der Waals surface area (Å²) in [4.78, 5) is 27.7. The minimum Gasteiger partial charge on any atom is -0.383 e. The molecule has 2 aromatic carbocycles. The van der Waals surface area contributed by atoms with E-state index in [0.717, 1.165) is 22.5 Å². The highest BCUT2D eigenvalue weighted by Crippen LogP contribution is 2.28. The van der Waals surface area contributed by atoms with Crippen molar-refractivity contribution in [3.8, 4) is 5.69 Å². The van der Waals surface area contributed by atoms with Gasteiger partial charge in [0.1, 0.15) is 12.4 Å². The van der Waals surface area contributed by atoms with Crippen LogP contribution in [0.1, 0.15) is 48.0 Å². The summed E-state index contributed by atoms with van der Waals surface area (Å²) in [5.74, 6) is -0.0422. The first kappa shape index (κ1) is 26.4. The van der Waals surface area contributed by atoms with E-state index in [1.54, 1.807) is 36.1 Å². The molecule has 0 saturated heterocycles. The second-order valence-electron chi connectivity index (χ2n) is 9.64. The molecule has 1 aromatic heterocycles. The molecule has 0 fully saturated rings. The molecule has 0 spiro atoms. The third kappa shape index (κ3) is 6.71. The van der Waals surface area contributed by atoms with Gasteiger partial charge in [-0.3, -0.25) is 9.59 Å². The fourth-order valence-electron chi connectivity index (χ4n) is 3.65. The zero-order valence-corrected chi connectivity index (χ0v) is 21.9. The lowest BCUT2D eigenvalue weighted by Gasteiger charge is -2.22. The Bertz CT molecular complexity index is 1200. The number of halogens is 1. The summed E-state index contributed by atoms with van der Waals surface area (Å²) in [6.07, 6.45) is 0. The molecular formula is C27H33ClN4O3. The molecule has 1 N–H and O–H groups in total. The van der Waals surface area contributed by atoms with Crippen molar-refractivity contribution in [2.24, 2.45) is 0 Å². The maximum absolute atomic E-state index is 13.1. The molecule has 0 radical (unpaired) electrons. The predicted molar refractivity (Wildman–Crippen MR) is 140 cm³/mol. The monoisotopic (exact) mass is 496 g/mol. The van der Waals surface area contributed by atoms with Gasteiger partial charge in [-0.05, 0) is 49.7 Å². The molecule has 0 aliphatic rings. The number of carbonyl (C=O) groups is 2. The molecule has 35 heavy (non-hydrogen) atoms. The molecule has 186 valence electrons. The molecule has 8 heteroatoms. The highest BCUT2D eigenvalue weighted by atomic mass is 35.5. The van der Waals surface area contributed by atoms with Crippen molar-refractivity contribution < 1.29 is 14.3 Å². The van der Waals surface area contributed by atoms with Gasteiger partial charge in [0.2, 0.25) is 5.91 Å². The van der Waals surface area contributed by atoms with E-state index in [2.05, 4.69) is 32.2 Å². The fraction of sp³-hybridized carbons (Fsp3) is 0.370. The number of amides is 2. The lowest BCUT2D eigenvalue weighted by Crippen LogP contribution is -2.40. The van der Waals surface area contributed by atoms with E-state index < -0.39 is 0 Å². The highest BCUT2D eigenvalue weighted by Gasteiger charge is 2.24. The quantitative estimate of drug-likeness (QED) is 0.467. The molecule has 0 atom stereocenters. The summed E-state index contributed by atoms with van der Waals surface area (Å²) in [7, 11) is 1.56. The molecule has 0 aliphatic heterocycles. The van der Waals surface area contributed by atoms with Crippen LogP contribution >= 0.6 is 11.6 Å². The van der Waals surface area contributed by atoms with Gasteiger partial charge in [0.15, 0.2) is 0 Å². The van der Waals surface area contributed by atoms with Gasteiger partial charge in [0.05, 0.1) is 18.0 Å². The van der Waals surface area contributed by atoms with Crippen LogP contribution in [-0.2, 0) is 14.9 Å². The zero-order chi connectivity index (χ0) is 25.8. The Hall–Kier alpha value is -3.16. The summed E-state index contributed by atoms with van der Waals surface area (Å²) in [6, 6.07) is 14.6. The number of aryl methyl sites for hydroxylation is 2. The van der Waals surface area contributed by atoms with Crippen LogP contribution in [0.3, 0.4) is 0 Å². The average molecular weight is 497 g/mol. The maximum atomic E-state index is 13.1. The van der Waals surface area contributed by atoms with E-state index in [9.17, 15) is 9.59 Å². The Balaban J connectivity index is 1.88. The second kappa shape index (κ2) is 11.1. The van der Waals surface area contributed by atoms with Gasteiger partial charge in [-0.25, -0.2) is 4.68 Å². The largest absolute Gasteiger partial charge is 0.383 e. The van der Waals surface area contributed by atoms with E-state index in [0.29, 0.717) is 23.0 Å². The Kier molecular flexibility index (Phi) is 8.35. The minimum absolute atomic E-state index is 0.131. The van der Waals surface area contributed by atoms with Gasteiger partial charge in [-0.1, -0.05) is 50.1 Å². The number of methoxy groups -OCH3 is 1. The smallest absolute Gasteiger partial charge is 0.254 e. The van der Waals surface area contributed by atoms with Crippen LogP contribution in [0.4, 0.5) is 5.82 Å². The lowest BCUT2D eigenvalue weighted by atomic mass is 9.92. The fourth-order valence-corrected chi connectivity index (χ4v) is 3.77. The number of nitrogens with one attached hydrogen (secondary N) is 1. The molecular weight excluding hydrogens is 464 g/mol. The van der Waals surface area contributed by atoms with Crippen molar-refractivity contribution in [1.29, 1.82) is 0 Å². The molecule has 0 aliphatic carbocycles. The molecule has 0 saturated carbocycles. The van der Waals surface area contributed by atoms with Crippen LogP contribution in [0.5, 0.6) is 0 Å². The van der Waals surface area contributed by atoms with Crippen LogP contribution in [0, 0.1) is 13.8 Å². The summed E-state index contributed by atoms with van der Waals surface area (Å²) < 4.78 is 6.91. The number of benzene rings is 2. The zero-order valence-electron chi connectivity index (χ0n) is 21.2. The number of aromatic nitrogens is 2. The summed E-state index contributed by atoms with van der Waals surface area (Å²) in [5, 5.41) is 8.31. The van der Waals surface area contributed by atoms with Gasteiger partial charge in [0.25, 0.3) is 5.91 Å². The number of anilines is 1. The third-order valence-corrected chi connectivity index (χ3v) is 5.86. The Labute approximate surface area is 212 Å². The molecule has 0 unspecified atom stereocenters. The van der Waals surface area contributed by atoms with Crippen LogP contribution in [0.2, 0.25) is 5.02 Å². The van der Waals surface area contributed by atoms with Crippen molar-refractivity contribution in [3.05, 3.63) is 75.9 Å².